The van der Waals surface area contributed by atoms with E-state index in [4.69, 9.17) is 11.6 Å². The number of nitrogens with one attached hydrogen (secondary N) is 1. The maximum Gasteiger partial charge on any atom is 0.332 e. The summed E-state index contributed by atoms with van der Waals surface area (Å²) in [6.45, 7) is 3.73. The molecule has 11 heteroatoms. The number of aryl methyl sites for hydroxylation is 1. The van der Waals surface area contributed by atoms with Crippen LogP contribution in [0.4, 0.5) is 10.3 Å². The lowest BCUT2D eigenvalue weighted by Gasteiger charge is -2.33. The van der Waals surface area contributed by atoms with Crippen molar-refractivity contribution in [3.63, 3.8) is 0 Å². The van der Waals surface area contributed by atoms with Crippen molar-refractivity contribution in [2.75, 3.05) is 24.5 Å². The lowest BCUT2D eigenvalue weighted by atomic mass is 9.97. The minimum atomic E-state index is -0.526. The Labute approximate surface area is 213 Å². The minimum Gasteiger partial charge on any atom is -0.356 e. The molecule has 2 aromatic heterocycles. The van der Waals surface area contributed by atoms with Crippen molar-refractivity contribution in [2.45, 2.75) is 45.6 Å². The molecule has 9 nitrogen and oxygen atoms in total. The van der Waals surface area contributed by atoms with Crippen LogP contribution in [0, 0.1) is 11.7 Å². The number of hydrogen-bond acceptors (Lipinski definition) is 5. The van der Waals surface area contributed by atoms with Crippen molar-refractivity contribution in [3.8, 4) is 0 Å². The van der Waals surface area contributed by atoms with Gasteiger partial charge in [-0.05, 0) is 31.4 Å². The summed E-state index contributed by atoms with van der Waals surface area (Å²) in [6.07, 6.45) is 4.59. The van der Waals surface area contributed by atoms with E-state index in [0.717, 1.165) is 36.7 Å². The Bertz CT molecular complexity index is 1370. The van der Waals surface area contributed by atoms with Gasteiger partial charge in [0.2, 0.25) is 11.9 Å². The third-order valence-electron chi connectivity index (χ3n) is 6.86. The fourth-order valence-electron chi connectivity index (χ4n) is 4.77. The molecule has 1 unspecified atom stereocenters. The molecule has 3 aromatic rings. The van der Waals surface area contributed by atoms with Crippen molar-refractivity contribution in [2.24, 2.45) is 20.0 Å². The van der Waals surface area contributed by atoms with Gasteiger partial charge in [0.15, 0.2) is 11.2 Å². The molecule has 0 spiro atoms. The zero-order valence-corrected chi connectivity index (χ0v) is 21.6. The van der Waals surface area contributed by atoms with E-state index >= 15 is 0 Å². The number of rotatable bonds is 8. The average Bonchev–Trinajstić information content (AvgIpc) is 3.25. The molecule has 3 heterocycles. The van der Waals surface area contributed by atoms with E-state index in [1.165, 1.54) is 23.7 Å². The van der Waals surface area contributed by atoms with Gasteiger partial charge in [0.05, 0.1) is 12.5 Å². The summed E-state index contributed by atoms with van der Waals surface area (Å²) in [6, 6.07) is 4.42. The van der Waals surface area contributed by atoms with Crippen LogP contribution in [-0.4, -0.2) is 44.2 Å². The van der Waals surface area contributed by atoms with Crippen LogP contribution in [-0.2, 0) is 25.4 Å². The summed E-state index contributed by atoms with van der Waals surface area (Å²) >= 11 is 6.32. The Morgan fingerprint density at radius 2 is 2.00 bits per heavy atom. The number of fused-ring (bicyclic) bond motifs is 1. The van der Waals surface area contributed by atoms with Crippen molar-refractivity contribution in [3.05, 3.63) is 55.4 Å². The lowest BCUT2D eigenvalue weighted by Crippen LogP contribution is -2.44. The molecular weight excluding hydrogens is 487 g/mol. The van der Waals surface area contributed by atoms with E-state index in [-0.39, 0.29) is 40.1 Å². The van der Waals surface area contributed by atoms with Gasteiger partial charge in [0, 0.05) is 44.3 Å². The largest absolute Gasteiger partial charge is 0.356 e. The molecule has 1 amide bonds. The normalized spacial score (nSPS) is 16.0. The number of anilines is 1. The molecule has 0 saturated carbocycles. The quantitative estimate of drug-likeness (QED) is 0.463. The molecule has 1 N–H and O–H groups in total. The SMILES string of the molecule is CCCCCNC(=O)C1CCCN(c2nc3c(c(=O)n(C)c(=O)n3C)n2Cc2c(F)cccc2Cl)C1. The predicted molar refractivity (Wildman–Crippen MR) is 138 cm³/mol. The number of hydrogen-bond donors (Lipinski definition) is 1. The first-order valence-electron chi connectivity index (χ1n) is 12.4. The maximum atomic E-state index is 14.8. The molecule has 1 fully saturated rings. The highest BCUT2D eigenvalue weighted by molar-refractivity contribution is 6.31. The number of nitrogens with zero attached hydrogens (tertiary/aromatic N) is 5. The molecule has 1 aliphatic heterocycles. The number of amides is 1. The molecular formula is C25H32ClFN6O3. The number of unbranched alkanes of at least 4 members (excludes halogenated alkanes) is 2. The fraction of sp³-hybridized carbons (Fsp3) is 0.520. The van der Waals surface area contributed by atoms with E-state index in [2.05, 4.69) is 17.2 Å². The van der Waals surface area contributed by atoms with Crippen molar-refractivity contribution in [1.29, 1.82) is 0 Å². The maximum absolute atomic E-state index is 14.8. The highest BCUT2D eigenvalue weighted by atomic mass is 35.5. The highest BCUT2D eigenvalue weighted by Gasteiger charge is 2.30. The number of piperidine rings is 1. The van der Waals surface area contributed by atoms with Crippen LogP contribution in [0.5, 0.6) is 0 Å². The Hall–Kier alpha value is -3.14. The average molecular weight is 519 g/mol. The molecule has 1 aliphatic rings. The summed E-state index contributed by atoms with van der Waals surface area (Å²) in [5.74, 6) is -0.331. The van der Waals surface area contributed by atoms with Gasteiger partial charge in [-0.15, -0.1) is 0 Å². The predicted octanol–water partition coefficient (Wildman–Crippen LogP) is 2.80. The number of imidazole rings is 1. The van der Waals surface area contributed by atoms with E-state index in [9.17, 15) is 18.8 Å². The number of carbonyl (C=O) groups excluding carboxylic acids is 1. The number of benzene rings is 1. The van der Waals surface area contributed by atoms with E-state index in [0.29, 0.717) is 25.6 Å². The second-order valence-corrected chi connectivity index (χ2v) is 9.77. The summed E-state index contributed by atoms with van der Waals surface area (Å²) in [4.78, 5) is 45.2. The van der Waals surface area contributed by atoms with Crippen LogP contribution in [0.2, 0.25) is 5.02 Å². The smallest absolute Gasteiger partial charge is 0.332 e. The molecule has 36 heavy (non-hydrogen) atoms. The molecule has 194 valence electrons. The molecule has 1 aromatic carbocycles. The summed E-state index contributed by atoms with van der Waals surface area (Å²) < 4.78 is 18.7. The van der Waals surface area contributed by atoms with Crippen molar-refractivity contribution < 1.29 is 9.18 Å². The molecule has 4 rings (SSSR count). The lowest BCUT2D eigenvalue weighted by molar-refractivity contribution is -0.125. The van der Waals surface area contributed by atoms with E-state index < -0.39 is 17.1 Å². The van der Waals surface area contributed by atoms with Crippen LogP contribution >= 0.6 is 11.6 Å². The molecule has 0 aliphatic carbocycles. The van der Waals surface area contributed by atoms with Crippen LogP contribution in [0.15, 0.2) is 27.8 Å². The molecule has 0 radical (unpaired) electrons. The van der Waals surface area contributed by atoms with Crippen LogP contribution in [0.25, 0.3) is 11.2 Å². The first-order chi connectivity index (χ1) is 17.2. The summed E-state index contributed by atoms with van der Waals surface area (Å²) in [5, 5.41) is 3.26. The Balaban J connectivity index is 1.76. The van der Waals surface area contributed by atoms with E-state index in [1.807, 2.05) is 4.90 Å². The van der Waals surface area contributed by atoms with Gasteiger partial charge < -0.3 is 10.2 Å². The third kappa shape index (κ3) is 4.91. The van der Waals surface area contributed by atoms with Crippen LogP contribution in [0.1, 0.15) is 44.6 Å². The number of aromatic nitrogens is 4. The Morgan fingerprint density at radius 3 is 2.72 bits per heavy atom. The van der Waals surface area contributed by atoms with Gasteiger partial charge in [0.1, 0.15) is 5.82 Å². The first-order valence-corrected chi connectivity index (χ1v) is 12.7. The van der Waals surface area contributed by atoms with Gasteiger partial charge >= 0.3 is 5.69 Å². The zero-order chi connectivity index (χ0) is 26.0. The van der Waals surface area contributed by atoms with Crippen molar-refractivity contribution in [1.82, 2.24) is 24.0 Å². The second kappa shape index (κ2) is 10.9. The third-order valence-corrected chi connectivity index (χ3v) is 7.21. The Morgan fingerprint density at radius 1 is 1.22 bits per heavy atom. The zero-order valence-electron chi connectivity index (χ0n) is 20.9. The van der Waals surface area contributed by atoms with Gasteiger partial charge in [-0.3, -0.25) is 23.3 Å². The molecule has 1 saturated heterocycles. The minimum absolute atomic E-state index is 0.000994. The van der Waals surface area contributed by atoms with Crippen molar-refractivity contribution >= 4 is 34.6 Å². The topological polar surface area (TPSA) is 94.2 Å². The van der Waals surface area contributed by atoms with Gasteiger partial charge in [-0.25, -0.2) is 9.18 Å². The summed E-state index contributed by atoms with van der Waals surface area (Å²) in [7, 11) is 2.95. The van der Waals surface area contributed by atoms with E-state index in [1.54, 1.807) is 17.7 Å². The number of carbonyl (C=O) groups is 1. The summed E-state index contributed by atoms with van der Waals surface area (Å²) in [5.41, 5.74) is -0.424. The molecule has 0 bridgehead atoms. The number of halogens is 2. The Kier molecular flexibility index (Phi) is 7.82. The highest BCUT2D eigenvalue weighted by Crippen LogP contribution is 2.28. The van der Waals surface area contributed by atoms with Crippen LogP contribution < -0.4 is 21.5 Å². The van der Waals surface area contributed by atoms with Gasteiger partial charge in [-0.2, -0.15) is 4.98 Å². The monoisotopic (exact) mass is 518 g/mol. The van der Waals surface area contributed by atoms with Crippen LogP contribution in [0.3, 0.4) is 0 Å². The second-order valence-electron chi connectivity index (χ2n) is 9.36. The molecule has 1 atom stereocenters. The standard InChI is InChI=1S/C25H32ClFN6O3/c1-4-5-6-12-28-22(34)16-9-8-13-32(14-16)24-29-21-20(23(35)31(3)25(36)30(21)2)33(24)15-17-18(26)10-7-11-19(17)27/h7,10-11,16H,4-6,8-9,12-15H2,1-3H3,(H,28,34). The first kappa shape index (κ1) is 25.9. The fourth-order valence-corrected chi connectivity index (χ4v) is 4.99. The van der Waals surface area contributed by atoms with Gasteiger partial charge in [0.25, 0.3) is 5.56 Å². The van der Waals surface area contributed by atoms with Gasteiger partial charge in [-0.1, -0.05) is 37.4 Å².